The third kappa shape index (κ3) is 7.63. The molecule has 0 unspecified atom stereocenters. The second-order valence-electron chi connectivity index (χ2n) is 9.59. The molecule has 0 aliphatic carbocycles. The van der Waals surface area contributed by atoms with Crippen molar-refractivity contribution in [3.63, 3.8) is 0 Å². The van der Waals surface area contributed by atoms with E-state index in [1.807, 2.05) is 6.92 Å². The average molecular weight is 708 g/mol. The molecule has 5 heterocycles. The number of thioether (sulfide) groups is 2. The van der Waals surface area contributed by atoms with Gasteiger partial charge in [0.2, 0.25) is 5.91 Å². The molecule has 1 fully saturated rings. The number of rotatable bonds is 10. The number of amides is 2. The lowest BCUT2D eigenvalue weighted by Gasteiger charge is -2.49. The van der Waals surface area contributed by atoms with E-state index in [1.165, 1.54) is 81.1 Å². The van der Waals surface area contributed by atoms with E-state index in [0.29, 0.717) is 28.5 Å². The third-order valence-electron chi connectivity index (χ3n) is 6.20. The van der Waals surface area contributed by atoms with E-state index >= 15 is 0 Å². The van der Waals surface area contributed by atoms with Crippen molar-refractivity contribution in [1.82, 2.24) is 45.8 Å². The van der Waals surface area contributed by atoms with Crippen LogP contribution in [0.25, 0.3) is 0 Å². The molecule has 0 radical (unpaired) electrons. The molecule has 2 aliphatic heterocycles. The summed E-state index contributed by atoms with van der Waals surface area (Å²) in [4.78, 5) is 37.9. The van der Waals surface area contributed by atoms with E-state index in [2.05, 4.69) is 40.9 Å². The van der Waals surface area contributed by atoms with Crippen LogP contribution in [0.1, 0.15) is 10.8 Å². The van der Waals surface area contributed by atoms with Crippen LogP contribution in [0.3, 0.4) is 0 Å². The maximum atomic E-state index is 12.6. The highest BCUT2D eigenvalue weighted by atomic mass is 32.2. The molecule has 2 atom stereocenters. The summed E-state index contributed by atoms with van der Waals surface area (Å²) >= 11 is 4.24. The zero-order chi connectivity index (χ0) is 33.0. The van der Waals surface area contributed by atoms with Gasteiger partial charge in [0.15, 0.2) is 10.2 Å². The molecule has 18 nitrogen and oxygen atoms in total. The fraction of sp³-hybridized carbons (Fsp3) is 0.292. The third-order valence-corrected chi connectivity index (χ3v) is 11.0. The van der Waals surface area contributed by atoms with Crippen molar-refractivity contribution in [3.8, 4) is 0 Å². The van der Waals surface area contributed by atoms with Crippen molar-refractivity contribution in [2.75, 3.05) is 22.0 Å². The minimum absolute atomic E-state index is 0.0153. The largest absolute Gasteiger partial charge is 0.477 e. The molecule has 4 aromatic rings. The molecule has 1 aromatic carbocycles. The predicted octanol–water partition coefficient (Wildman–Crippen LogP) is 0.730. The van der Waals surface area contributed by atoms with Crippen molar-refractivity contribution in [1.29, 1.82) is 0 Å². The number of carbonyl (C=O) groups is 3. The number of tetrazole rings is 1. The van der Waals surface area contributed by atoms with E-state index in [9.17, 15) is 27.9 Å². The Kier molecular flexibility index (Phi) is 9.88. The van der Waals surface area contributed by atoms with E-state index < -0.39 is 39.2 Å². The van der Waals surface area contributed by atoms with Gasteiger partial charge >= 0.3 is 5.97 Å². The van der Waals surface area contributed by atoms with Gasteiger partial charge in [0.1, 0.15) is 40.8 Å². The summed E-state index contributed by atoms with van der Waals surface area (Å²) in [5, 5.41) is 34.7. The Morgan fingerprint density at radius 3 is 2.59 bits per heavy atom. The van der Waals surface area contributed by atoms with Gasteiger partial charge in [-0.3, -0.25) is 19.2 Å². The number of carboxylic acid groups (broad SMARTS) is 1. The molecule has 2 aliphatic rings. The molecule has 3 aromatic heterocycles. The number of benzene rings is 1. The number of aromatic nitrogens is 7. The Morgan fingerprint density at radius 1 is 1.22 bits per heavy atom. The highest BCUT2D eigenvalue weighted by Crippen LogP contribution is 2.41. The van der Waals surface area contributed by atoms with Gasteiger partial charge < -0.3 is 20.7 Å². The van der Waals surface area contributed by atoms with Gasteiger partial charge in [0.25, 0.3) is 15.9 Å². The van der Waals surface area contributed by atoms with Crippen LogP contribution in [0.5, 0.6) is 0 Å². The van der Waals surface area contributed by atoms with Crippen molar-refractivity contribution < 1.29 is 32.4 Å². The molecule has 5 N–H and O–H groups in total. The molecule has 46 heavy (non-hydrogen) atoms. The van der Waals surface area contributed by atoms with Crippen molar-refractivity contribution in [2.24, 2.45) is 0 Å². The second kappa shape index (κ2) is 13.8. The van der Waals surface area contributed by atoms with E-state index in [0.717, 1.165) is 9.35 Å². The monoisotopic (exact) mass is 707 g/mol. The minimum atomic E-state index is -3.64. The lowest BCUT2D eigenvalue weighted by molar-refractivity contribution is -0.150. The molecule has 22 heteroatoms. The summed E-state index contributed by atoms with van der Waals surface area (Å²) in [6, 6.07) is 6.59. The number of β-lactam (4-membered cyclic amide) rings is 1. The topological polar surface area (TPSA) is 254 Å². The first-order chi connectivity index (χ1) is 21.9. The summed E-state index contributed by atoms with van der Waals surface area (Å²) in [6.45, 7) is 3.39. The number of carbonyl (C=O) groups excluding carboxylic acids is 2. The first-order valence-electron chi connectivity index (χ1n) is 13.1. The summed E-state index contributed by atoms with van der Waals surface area (Å²) < 4.78 is 32.8. The van der Waals surface area contributed by atoms with Crippen LogP contribution in [0.4, 0.5) is 11.5 Å². The van der Waals surface area contributed by atoms with Crippen molar-refractivity contribution in [2.45, 2.75) is 41.0 Å². The van der Waals surface area contributed by atoms with Crippen LogP contribution in [0, 0.1) is 13.8 Å². The van der Waals surface area contributed by atoms with Crippen molar-refractivity contribution in [3.05, 3.63) is 58.7 Å². The quantitative estimate of drug-likeness (QED) is 0.101. The van der Waals surface area contributed by atoms with E-state index in [-0.39, 0.29) is 23.0 Å². The maximum Gasteiger partial charge on any atom is 0.352 e. The van der Waals surface area contributed by atoms with Crippen LogP contribution >= 0.6 is 34.9 Å². The van der Waals surface area contributed by atoms with Crippen molar-refractivity contribution >= 4 is 74.2 Å². The maximum absolute atomic E-state index is 12.6. The van der Waals surface area contributed by atoms with Crippen LogP contribution in [-0.4, -0.2) is 94.7 Å². The predicted molar refractivity (Wildman–Crippen MR) is 166 cm³/mol. The number of hydrogen-bond acceptors (Lipinski definition) is 16. The highest BCUT2D eigenvalue weighted by Gasteiger charge is 2.54. The molecular formula is C24H25N11O7S4. The zero-order valence-electron chi connectivity index (χ0n) is 23.9. The molecule has 0 saturated carbocycles. The van der Waals surface area contributed by atoms with Gasteiger partial charge in [-0.05, 0) is 54.1 Å². The molecular weight excluding hydrogens is 683 g/mol. The number of carboxylic acids is 1. The smallest absolute Gasteiger partial charge is 0.352 e. The number of aliphatic carboxylic acids is 1. The fourth-order valence-electron chi connectivity index (χ4n) is 4.16. The normalized spacial score (nSPS) is 17.4. The van der Waals surface area contributed by atoms with Crippen LogP contribution in [0.15, 0.2) is 61.7 Å². The van der Waals surface area contributed by atoms with Crippen LogP contribution < -0.4 is 15.8 Å². The van der Waals surface area contributed by atoms with Gasteiger partial charge in [-0.1, -0.05) is 28.3 Å². The lowest BCUT2D eigenvalue weighted by atomic mass is 10.0. The zero-order valence-corrected chi connectivity index (χ0v) is 27.2. The Hall–Kier alpha value is -4.54. The number of nitrogens with zero attached hydrogens (tertiary/aromatic N) is 8. The average Bonchev–Trinajstić information content (AvgIpc) is 3.77. The van der Waals surface area contributed by atoms with E-state index in [1.54, 1.807) is 6.92 Å². The summed E-state index contributed by atoms with van der Waals surface area (Å²) in [6.07, 6.45) is 1.29. The fourth-order valence-corrected chi connectivity index (χ4v) is 8.44. The number of aryl methyl sites for hydroxylation is 2. The van der Waals surface area contributed by atoms with Gasteiger partial charge in [-0.2, -0.15) is 0 Å². The lowest BCUT2D eigenvalue weighted by Crippen LogP contribution is -2.70. The highest BCUT2D eigenvalue weighted by molar-refractivity contribution is 8.01. The number of sulfonamides is 1. The van der Waals surface area contributed by atoms with Crippen LogP contribution in [-0.2, 0) is 31.0 Å². The van der Waals surface area contributed by atoms with Crippen LogP contribution in [0.2, 0.25) is 0 Å². The molecule has 0 spiro atoms. The molecule has 0 bridgehead atoms. The SMILES string of the molecule is Cc1cc(NS(=O)(=O)c2ccc(N)cc2)no1.Cc1nnc(SCC2=C(C(=O)O)N3C(=O)[C@@H](NC(=O)Cn4cnnn4)[C@H]3SC2)s1. The number of nitrogen functional groups attached to an aromatic ring is 1. The first kappa shape index (κ1) is 32.8. The number of nitrogens with two attached hydrogens (primary N) is 1. The number of anilines is 2. The molecule has 2 amide bonds. The standard InChI is InChI=1S/C14H14N8O4S3.C10H11N3O3S/c1-6-17-18-14(29-6)28-4-7-3-27-12-9(11(24)22(12)10(7)13(25)26)16-8(23)2-21-5-15-19-20-21;1-7-6-10(12-16-7)13-17(14,15)9-4-2-8(11)3-5-9/h5,9,12H,2-4H2,1H3,(H,16,23)(H,25,26);2-6H,11H2,1H3,(H,12,13)/t9-,12-;/m1./s1. The number of hydrogen-bond donors (Lipinski definition) is 4. The molecule has 242 valence electrons. The first-order valence-corrected chi connectivity index (χ1v) is 17.4. The minimum Gasteiger partial charge on any atom is -0.477 e. The Balaban J connectivity index is 0.000000209. The Labute approximate surface area is 273 Å². The van der Waals surface area contributed by atoms with E-state index in [4.69, 9.17) is 10.3 Å². The van der Waals surface area contributed by atoms with Gasteiger partial charge in [0.05, 0.1) is 4.90 Å². The number of fused-ring (bicyclic) bond motifs is 1. The summed E-state index contributed by atoms with van der Waals surface area (Å²) in [5.74, 6) is -0.509. The summed E-state index contributed by atoms with van der Waals surface area (Å²) in [7, 11) is -3.64. The second-order valence-corrected chi connectivity index (χ2v) is 14.8. The molecule has 1 saturated heterocycles. The summed E-state index contributed by atoms with van der Waals surface area (Å²) in [5.41, 5.74) is 6.61. The van der Waals surface area contributed by atoms with Gasteiger partial charge in [-0.25, -0.2) is 17.9 Å². The molecule has 6 rings (SSSR count). The van der Waals surface area contributed by atoms with Gasteiger partial charge in [-0.15, -0.1) is 27.1 Å². The van der Waals surface area contributed by atoms with Gasteiger partial charge in [0, 0.05) is 23.3 Å². The Bertz CT molecular complexity index is 1880. The Morgan fingerprint density at radius 2 is 1.98 bits per heavy atom. The number of nitrogens with one attached hydrogen (secondary N) is 2.